The molecule has 1 aliphatic carbocycles. The minimum atomic E-state index is -0.0685. The molecule has 0 spiro atoms. The van der Waals surface area contributed by atoms with E-state index in [1.807, 2.05) is 18.3 Å². The fourth-order valence-electron chi connectivity index (χ4n) is 2.02. The first-order chi connectivity index (χ1) is 8.28. The zero-order chi connectivity index (χ0) is 12.1. The third-order valence-corrected chi connectivity index (χ3v) is 3.12. The van der Waals surface area contributed by atoms with E-state index in [9.17, 15) is 5.11 Å². The molecule has 4 nitrogen and oxygen atoms in total. The molecular formula is C13H21N3O. The molecule has 0 unspecified atom stereocenters. The molecule has 3 N–H and O–H groups in total. The molecule has 4 heteroatoms. The van der Waals surface area contributed by atoms with Crippen molar-refractivity contribution in [3.63, 3.8) is 0 Å². The summed E-state index contributed by atoms with van der Waals surface area (Å²) in [6.07, 6.45) is 4.70. The molecule has 1 heterocycles. The van der Waals surface area contributed by atoms with Gasteiger partial charge in [0.25, 0.3) is 0 Å². The van der Waals surface area contributed by atoms with Crippen LogP contribution >= 0.6 is 0 Å². The summed E-state index contributed by atoms with van der Waals surface area (Å²) in [5.41, 5.74) is 1.10. The third kappa shape index (κ3) is 3.60. The molecule has 94 valence electrons. The second kappa shape index (κ2) is 5.87. The molecule has 1 fully saturated rings. The highest BCUT2D eigenvalue weighted by Crippen LogP contribution is 2.27. The van der Waals surface area contributed by atoms with E-state index in [1.54, 1.807) is 0 Å². The van der Waals surface area contributed by atoms with Crippen LogP contribution in [0, 0.1) is 5.92 Å². The molecule has 0 aromatic carbocycles. The van der Waals surface area contributed by atoms with Crippen LogP contribution in [0.2, 0.25) is 0 Å². The molecule has 0 aliphatic heterocycles. The Labute approximate surface area is 102 Å². The number of aliphatic hydroxyl groups excluding tert-OH is 1. The van der Waals surface area contributed by atoms with Gasteiger partial charge in [-0.05, 0) is 31.2 Å². The van der Waals surface area contributed by atoms with Gasteiger partial charge >= 0.3 is 0 Å². The van der Waals surface area contributed by atoms with Crippen LogP contribution in [-0.2, 0) is 0 Å². The fourth-order valence-corrected chi connectivity index (χ4v) is 2.02. The normalized spacial score (nSPS) is 22.9. The largest absolute Gasteiger partial charge is 0.393 e. The lowest BCUT2D eigenvalue weighted by molar-refractivity contribution is 0.0487. The molecular weight excluding hydrogens is 214 g/mol. The van der Waals surface area contributed by atoms with Crippen LogP contribution in [0.3, 0.4) is 0 Å². The van der Waals surface area contributed by atoms with Crippen LogP contribution in [0.5, 0.6) is 0 Å². The van der Waals surface area contributed by atoms with E-state index in [0.717, 1.165) is 43.9 Å². The van der Waals surface area contributed by atoms with Gasteiger partial charge in [0.2, 0.25) is 0 Å². The lowest BCUT2D eigenvalue weighted by Crippen LogP contribution is -2.33. The Kier molecular flexibility index (Phi) is 4.20. The average molecular weight is 235 g/mol. The highest BCUT2D eigenvalue weighted by Gasteiger charge is 2.26. The fraction of sp³-hybridized carbons (Fsp3) is 0.615. The van der Waals surface area contributed by atoms with Crippen molar-refractivity contribution in [1.82, 2.24) is 4.98 Å². The van der Waals surface area contributed by atoms with E-state index in [4.69, 9.17) is 0 Å². The van der Waals surface area contributed by atoms with E-state index >= 15 is 0 Å². The Bertz CT molecular complexity index is 350. The summed E-state index contributed by atoms with van der Waals surface area (Å²) < 4.78 is 0. The quantitative estimate of drug-likeness (QED) is 0.706. The SMILES string of the molecule is CCCNc1cc(NCC2CC(O)C2)ccn1. The highest BCUT2D eigenvalue weighted by molar-refractivity contribution is 5.51. The summed E-state index contributed by atoms with van der Waals surface area (Å²) >= 11 is 0. The van der Waals surface area contributed by atoms with Gasteiger partial charge < -0.3 is 15.7 Å². The summed E-state index contributed by atoms with van der Waals surface area (Å²) in [5.74, 6) is 1.54. The third-order valence-electron chi connectivity index (χ3n) is 3.12. The topological polar surface area (TPSA) is 57.2 Å². The molecule has 2 rings (SSSR count). The van der Waals surface area contributed by atoms with Gasteiger partial charge in [-0.1, -0.05) is 6.92 Å². The summed E-state index contributed by atoms with van der Waals surface area (Å²) in [5, 5.41) is 15.9. The number of nitrogens with one attached hydrogen (secondary N) is 2. The molecule has 1 saturated carbocycles. The second-order valence-electron chi connectivity index (χ2n) is 4.73. The Hall–Kier alpha value is -1.29. The van der Waals surface area contributed by atoms with Crippen molar-refractivity contribution in [2.75, 3.05) is 23.7 Å². The van der Waals surface area contributed by atoms with Gasteiger partial charge in [-0.2, -0.15) is 0 Å². The van der Waals surface area contributed by atoms with Crippen LogP contribution in [0.1, 0.15) is 26.2 Å². The van der Waals surface area contributed by atoms with E-state index in [2.05, 4.69) is 22.5 Å². The van der Waals surface area contributed by atoms with Crippen molar-refractivity contribution in [2.45, 2.75) is 32.3 Å². The smallest absolute Gasteiger partial charge is 0.127 e. The minimum Gasteiger partial charge on any atom is -0.393 e. The maximum atomic E-state index is 9.21. The first-order valence-corrected chi connectivity index (χ1v) is 6.39. The van der Waals surface area contributed by atoms with Crippen LogP contribution in [0.15, 0.2) is 18.3 Å². The maximum Gasteiger partial charge on any atom is 0.127 e. The number of hydrogen-bond donors (Lipinski definition) is 3. The van der Waals surface area contributed by atoms with E-state index in [-0.39, 0.29) is 6.10 Å². The monoisotopic (exact) mass is 235 g/mol. The van der Waals surface area contributed by atoms with Gasteiger partial charge in [0.05, 0.1) is 6.10 Å². The minimum absolute atomic E-state index is 0.0685. The van der Waals surface area contributed by atoms with Gasteiger partial charge in [-0.3, -0.25) is 0 Å². The van der Waals surface area contributed by atoms with Gasteiger partial charge in [0, 0.05) is 31.0 Å². The molecule has 1 aromatic heterocycles. The Morgan fingerprint density at radius 3 is 2.94 bits per heavy atom. The van der Waals surface area contributed by atoms with Gasteiger partial charge in [0.1, 0.15) is 5.82 Å². The molecule has 1 aliphatic rings. The summed E-state index contributed by atoms with van der Waals surface area (Å²) in [4.78, 5) is 4.26. The number of nitrogens with zero attached hydrogens (tertiary/aromatic N) is 1. The average Bonchev–Trinajstić information content (AvgIpc) is 2.31. The number of aliphatic hydroxyl groups is 1. The molecule has 0 bridgehead atoms. The van der Waals surface area contributed by atoms with Crippen LogP contribution in [-0.4, -0.2) is 29.3 Å². The molecule has 0 atom stereocenters. The Morgan fingerprint density at radius 2 is 2.24 bits per heavy atom. The van der Waals surface area contributed by atoms with Crippen LogP contribution in [0.4, 0.5) is 11.5 Å². The van der Waals surface area contributed by atoms with Crippen LogP contribution in [0.25, 0.3) is 0 Å². The van der Waals surface area contributed by atoms with E-state index < -0.39 is 0 Å². The van der Waals surface area contributed by atoms with Gasteiger partial charge in [-0.25, -0.2) is 4.98 Å². The number of pyridine rings is 1. The highest BCUT2D eigenvalue weighted by atomic mass is 16.3. The van der Waals surface area contributed by atoms with Crippen molar-refractivity contribution in [2.24, 2.45) is 5.92 Å². The predicted octanol–water partition coefficient (Wildman–Crippen LogP) is 2.09. The Morgan fingerprint density at radius 1 is 1.41 bits per heavy atom. The zero-order valence-electron chi connectivity index (χ0n) is 10.3. The van der Waals surface area contributed by atoms with Crippen molar-refractivity contribution >= 4 is 11.5 Å². The number of rotatable bonds is 6. The van der Waals surface area contributed by atoms with Gasteiger partial charge in [0.15, 0.2) is 0 Å². The number of hydrogen-bond acceptors (Lipinski definition) is 4. The first-order valence-electron chi connectivity index (χ1n) is 6.39. The maximum absolute atomic E-state index is 9.21. The molecule has 0 radical (unpaired) electrons. The van der Waals surface area contributed by atoms with Crippen molar-refractivity contribution < 1.29 is 5.11 Å². The molecule has 0 amide bonds. The predicted molar refractivity (Wildman–Crippen MR) is 70.2 cm³/mol. The summed E-state index contributed by atoms with van der Waals surface area (Å²) in [6.45, 7) is 4.02. The second-order valence-corrected chi connectivity index (χ2v) is 4.73. The van der Waals surface area contributed by atoms with Gasteiger partial charge in [-0.15, -0.1) is 0 Å². The zero-order valence-corrected chi connectivity index (χ0v) is 10.3. The Balaban J connectivity index is 1.79. The molecule has 1 aromatic rings. The van der Waals surface area contributed by atoms with E-state index in [0.29, 0.717) is 5.92 Å². The van der Waals surface area contributed by atoms with Crippen molar-refractivity contribution in [3.8, 4) is 0 Å². The lowest BCUT2D eigenvalue weighted by Gasteiger charge is -2.31. The van der Waals surface area contributed by atoms with Crippen LogP contribution < -0.4 is 10.6 Å². The molecule has 17 heavy (non-hydrogen) atoms. The van der Waals surface area contributed by atoms with Crippen molar-refractivity contribution in [3.05, 3.63) is 18.3 Å². The lowest BCUT2D eigenvalue weighted by atomic mass is 9.82. The standard InChI is InChI=1S/C13H21N3O/c1-2-4-14-13-8-11(3-5-15-13)16-9-10-6-12(17)7-10/h3,5,8,10,12,17H,2,4,6-7,9H2,1H3,(H2,14,15,16). The number of aromatic nitrogens is 1. The van der Waals surface area contributed by atoms with E-state index in [1.165, 1.54) is 0 Å². The summed E-state index contributed by atoms with van der Waals surface area (Å²) in [6, 6.07) is 4.01. The van der Waals surface area contributed by atoms with Crippen molar-refractivity contribution in [1.29, 1.82) is 0 Å². The molecule has 0 saturated heterocycles. The first kappa shape index (κ1) is 12.2. The number of anilines is 2. The summed E-state index contributed by atoms with van der Waals surface area (Å²) in [7, 11) is 0.